The molecule has 1 rings (SSSR count). The van der Waals surface area contributed by atoms with Crippen LogP contribution in [-0.4, -0.2) is 16.8 Å². The predicted molar refractivity (Wildman–Crippen MR) is 46.3 cm³/mol. The summed E-state index contributed by atoms with van der Waals surface area (Å²) in [6.45, 7) is 0.494. The molecule has 2 N–H and O–H groups in total. The second-order valence-corrected chi connectivity index (χ2v) is 2.78. The SMILES string of the molecule is CC(F)(F)C(=O)Nc1ccc(=O)[nH]c1. The monoisotopic (exact) mass is 202 g/mol. The number of nitrogens with one attached hydrogen (secondary N) is 2. The van der Waals surface area contributed by atoms with Crippen LogP contribution in [0.15, 0.2) is 23.1 Å². The molecule has 0 aliphatic heterocycles. The highest BCUT2D eigenvalue weighted by atomic mass is 19.3. The molecule has 0 atom stereocenters. The van der Waals surface area contributed by atoms with Crippen molar-refractivity contribution < 1.29 is 13.6 Å². The van der Waals surface area contributed by atoms with Gasteiger partial charge in [-0.05, 0) is 6.07 Å². The highest BCUT2D eigenvalue weighted by Gasteiger charge is 2.32. The second kappa shape index (κ2) is 3.57. The lowest BCUT2D eigenvalue weighted by Gasteiger charge is -2.09. The maximum absolute atomic E-state index is 12.4. The first-order valence-electron chi connectivity index (χ1n) is 3.77. The van der Waals surface area contributed by atoms with E-state index in [1.54, 1.807) is 0 Å². The molecule has 0 aliphatic rings. The Kier molecular flexibility index (Phi) is 2.64. The molecule has 0 bridgehead atoms. The Bertz CT molecular complexity index is 375. The molecule has 4 nitrogen and oxygen atoms in total. The first-order chi connectivity index (χ1) is 6.39. The molecule has 0 aliphatic carbocycles. The van der Waals surface area contributed by atoms with E-state index < -0.39 is 11.8 Å². The van der Waals surface area contributed by atoms with E-state index in [2.05, 4.69) is 4.98 Å². The van der Waals surface area contributed by atoms with E-state index in [9.17, 15) is 18.4 Å². The van der Waals surface area contributed by atoms with Crippen LogP contribution in [0.3, 0.4) is 0 Å². The minimum Gasteiger partial charge on any atom is -0.327 e. The van der Waals surface area contributed by atoms with Gasteiger partial charge in [-0.2, -0.15) is 8.78 Å². The molecule has 0 spiro atoms. The fourth-order valence-electron chi connectivity index (χ4n) is 0.729. The van der Waals surface area contributed by atoms with Crippen LogP contribution >= 0.6 is 0 Å². The molecule has 1 aromatic heterocycles. The highest BCUT2D eigenvalue weighted by Crippen LogP contribution is 2.14. The van der Waals surface area contributed by atoms with Crippen LogP contribution in [0.4, 0.5) is 14.5 Å². The van der Waals surface area contributed by atoms with E-state index in [1.165, 1.54) is 6.07 Å². The zero-order valence-corrected chi connectivity index (χ0v) is 7.30. The molecule has 0 saturated heterocycles. The largest absolute Gasteiger partial charge is 0.327 e. The summed E-state index contributed by atoms with van der Waals surface area (Å²) < 4.78 is 24.8. The van der Waals surface area contributed by atoms with Crippen molar-refractivity contribution in [3.63, 3.8) is 0 Å². The number of H-pyrrole nitrogens is 1. The van der Waals surface area contributed by atoms with Crippen molar-refractivity contribution in [2.75, 3.05) is 5.32 Å². The lowest BCUT2D eigenvalue weighted by Crippen LogP contribution is -2.31. The fourth-order valence-corrected chi connectivity index (χ4v) is 0.729. The van der Waals surface area contributed by atoms with Crippen molar-refractivity contribution in [1.82, 2.24) is 4.98 Å². The number of carbonyl (C=O) groups excluding carboxylic acids is 1. The van der Waals surface area contributed by atoms with Gasteiger partial charge in [-0.15, -0.1) is 0 Å². The summed E-state index contributed by atoms with van der Waals surface area (Å²) in [4.78, 5) is 23.6. The molecule has 1 amide bonds. The number of halogens is 2. The van der Waals surface area contributed by atoms with Crippen LogP contribution in [0.2, 0.25) is 0 Å². The van der Waals surface area contributed by atoms with Crippen molar-refractivity contribution in [2.45, 2.75) is 12.8 Å². The molecule has 0 radical (unpaired) electrons. The molecule has 1 aromatic rings. The third kappa shape index (κ3) is 2.65. The molecule has 1 heterocycles. The highest BCUT2D eigenvalue weighted by molar-refractivity contribution is 5.95. The molecular weight excluding hydrogens is 194 g/mol. The van der Waals surface area contributed by atoms with Gasteiger partial charge >= 0.3 is 5.92 Å². The number of rotatable bonds is 2. The summed E-state index contributed by atoms with van der Waals surface area (Å²) >= 11 is 0. The zero-order valence-electron chi connectivity index (χ0n) is 7.30. The minimum atomic E-state index is -3.43. The summed E-state index contributed by atoms with van der Waals surface area (Å²) in [7, 11) is 0. The zero-order chi connectivity index (χ0) is 10.8. The lowest BCUT2D eigenvalue weighted by molar-refractivity contribution is -0.137. The summed E-state index contributed by atoms with van der Waals surface area (Å²) in [5.74, 6) is -4.85. The van der Waals surface area contributed by atoms with E-state index in [0.717, 1.165) is 12.3 Å². The molecule has 0 saturated carbocycles. The number of hydrogen-bond donors (Lipinski definition) is 2. The number of anilines is 1. The number of pyridine rings is 1. The normalized spacial score (nSPS) is 11.1. The number of aromatic nitrogens is 1. The van der Waals surface area contributed by atoms with Crippen LogP contribution in [0.5, 0.6) is 0 Å². The Balaban J connectivity index is 2.75. The van der Waals surface area contributed by atoms with Gasteiger partial charge in [0.1, 0.15) is 0 Å². The average Bonchev–Trinajstić information content (AvgIpc) is 2.07. The molecular formula is C8H8F2N2O2. The first kappa shape index (κ1) is 10.4. The Morgan fingerprint density at radius 1 is 1.50 bits per heavy atom. The fraction of sp³-hybridized carbons (Fsp3) is 0.250. The van der Waals surface area contributed by atoms with E-state index >= 15 is 0 Å². The molecule has 76 valence electrons. The number of hydrogen-bond acceptors (Lipinski definition) is 2. The van der Waals surface area contributed by atoms with Crippen LogP contribution in [0.1, 0.15) is 6.92 Å². The molecule has 0 fully saturated rings. The van der Waals surface area contributed by atoms with Crippen molar-refractivity contribution >= 4 is 11.6 Å². The van der Waals surface area contributed by atoms with Crippen molar-refractivity contribution in [1.29, 1.82) is 0 Å². The number of aromatic amines is 1. The summed E-state index contributed by atoms with van der Waals surface area (Å²) in [5.41, 5.74) is -0.248. The minimum absolute atomic E-state index is 0.121. The standard InChI is InChI=1S/C8H8F2N2O2/c1-8(9,10)7(14)12-5-2-3-6(13)11-4-5/h2-4H,1H3,(H,11,13)(H,12,14). The third-order valence-electron chi connectivity index (χ3n) is 1.44. The van der Waals surface area contributed by atoms with Crippen molar-refractivity contribution in [2.24, 2.45) is 0 Å². The van der Waals surface area contributed by atoms with Crippen LogP contribution in [0.25, 0.3) is 0 Å². The average molecular weight is 202 g/mol. The van der Waals surface area contributed by atoms with Gasteiger partial charge in [0.25, 0.3) is 5.91 Å². The quantitative estimate of drug-likeness (QED) is 0.750. The van der Waals surface area contributed by atoms with E-state index in [1.807, 2.05) is 5.32 Å². The van der Waals surface area contributed by atoms with E-state index in [-0.39, 0.29) is 11.2 Å². The topological polar surface area (TPSA) is 62.0 Å². The van der Waals surface area contributed by atoms with Gasteiger partial charge in [-0.3, -0.25) is 9.59 Å². The van der Waals surface area contributed by atoms with Gasteiger partial charge in [-0.1, -0.05) is 0 Å². The van der Waals surface area contributed by atoms with Crippen LogP contribution < -0.4 is 10.9 Å². The Morgan fingerprint density at radius 2 is 2.14 bits per heavy atom. The Morgan fingerprint density at radius 3 is 2.57 bits per heavy atom. The molecule has 6 heteroatoms. The van der Waals surface area contributed by atoms with Gasteiger partial charge < -0.3 is 10.3 Å². The summed E-state index contributed by atoms with van der Waals surface area (Å²) in [6, 6.07) is 2.37. The van der Waals surface area contributed by atoms with Crippen molar-refractivity contribution in [3.8, 4) is 0 Å². The lowest BCUT2D eigenvalue weighted by atomic mass is 10.3. The second-order valence-electron chi connectivity index (χ2n) is 2.78. The van der Waals surface area contributed by atoms with Gasteiger partial charge in [-0.25, -0.2) is 0 Å². The van der Waals surface area contributed by atoms with E-state index in [0.29, 0.717) is 6.92 Å². The van der Waals surface area contributed by atoms with Crippen molar-refractivity contribution in [3.05, 3.63) is 28.7 Å². The maximum atomic E-state index is 12.4. The first-order valence-corrected chi connectivity index (χ1v) is 3.77. The summed E-state index contributed by atoms with van der Waals surface area (Å²) in [5, 5.41) is 1.95. The Hall–Kier alpha value is -1.72. The summed E-state index contributed by atoms with van der Waals surface area (Å²) in [6.07, 6.45) is 1.14. The molecule has 0 aromatic carbocycles. The smallest absolute Gasteiger partial charge is 0.322 e. The van der Waals surface area contributed by atoms with Gasteiger partial charge in [0.15, 0.2) is 0 Å². The van der Waals surface area contributed by atoms with Gasteiger partial charge in [0.2, 0.25) is 5.56 Å². The molecule has 14 heavy (non-hydrogen) atoms. The number of amides is 1. The van der Waals surface area contributed by atoms with Gasteiger partial charge in [0, 0.05) is 19.2 Å². The van der Waals surface area contributed by atoms with E-state index in [4.69, 9.17) is 0 Å². The van der Waals surface area contributed by atoms with Gasteiger partial charge in [0.05, 0.1) is 5.69 Å². The number of carbonyl (C=O) groups is 1. The number of alkyl halides is 2. The molecule has 0 unspecified atom stereocenters. The third-order valence-corrected chi connectivity index (χ3v) is 1.44. The maximum Gasteiger partial charge on any atom is 0.322 e. The Labute approximate surface area is 77.9 Å². The predicted octanol–water partition coefficient (Wildman–Crippen LogP) is 0.969. The van der Waals surface area contributed by atoms with Crippen LogP contribution in [-0.2, 0) is 4.79 Å². The van der Waals surface area contributed by atoms with Crippen LogP contribution in [0, 0.1) is 0 Å².